The highest BCUT2D eigenvalue weighted by Gasteiger charge is 2.21. The maximum Gasteiger partial charge on any atom is 0.325 e. The summed E-state index contributed by atoms with van der Waals surface area (Å²) in [4.78, 5) is 21.2. The molecular formula is C13H20N4O3. The lowest BCUT2D eigenvalue weighted by Crippen LogP contribution is -2.37. The van der Waals surface area contributed by atoms with Gasteiger partial charge < -0.3 is 20.4 Å². The molecule has 1 aliphatic rings. The number of anilines is 2. The van der Waals surface area contributed by atoms with E-state index in [9.17, 15) is 9.90 Å². The van der Waals surface area contributed by atoms with Crippen LogP contribution < -0.4 is 10.2 Å². The number of hydrogen-bond donors (Lipinski definition) is 3. The molecule has 2 heterocycles. The van der Waals surface area contributed by atoms with Gasteiger partial charge in [-0.3, -0.25) is 4.79 Å². The number of carbonyl (C=O) groups is 1. The average molecular weight is 280 g/mol. The topological polar surface area (TPSA) is 98.6 Å². The molecule has 1 aromatic heterocycles. The summed E-state index contributed by atoms with van der Waals surface area (Å²) in [5.74, 6) is 0.603. The van der Waals surface area contributed by atoms with Gasteiger partial charge in [0.2, 0.25) is 0 Å². The molecule has 0 spiro atoms. The van der Waals surface area contributed by atoms with Crippen LogP contribution in [-0.2, 0) is 4.79 Å². The predicted octanol–water partition coefficient (Wildman–Crippen LogP) is 0.570. The van der Waals surface area contributed by atoms with E-state index in [1.165, 1.54) is 6.33 Å². The normalized spacial score (nSPS) is 20.5. The van der Waals surface area contributed by atoms with E-state index in [0.29, 0.717) is 5.82 Å². The van der Waals surface area contributed by atoms with Gasteiger partial charge in [0.1, 0.15) is 24.0 Å². The fourth-order valence-electron chi connectivity index (χ4n) is 2.30. The van der Waals surface area contributed by atoms with Crippen LogP contribution in [0.3, 0.4) is 0 Å². The number of aliphatic hydroxyl groups is 1. The van der Waals surface area contributed by atoms with Crippen LogP contribution >= 0.6 is 0 Å². The molecule has 20 heavy (non-hydrogen) atoms. The Morgan fingerprint density at radius 2 is 2.40 bits per heavy atom. The lowest BCUT2D eigenvalue weighted by Gasteiger charge is -2.32. The van der Waals surface area contributed by atoms with E-state index in [1.54, 1.807) is 13.0 Å². The molecule has 1 saturated heterocycles. The first-order valence-corrected chi connectivity index (χ1v) is 6.77. The minimum absolute atomic E-state index is 0.183. The van der Waals surface area contributed by atoms with Crippen LogP contribution in [0.15, 0.2) is 12.4 Å². The van der Waals surface area contributed by atoms with Crippen molar-refractivity contribution in [3.05, 3.63) is 12.4 Å². The number of aliphatic hydroxyl groups excluding tert-OH is 1. The highest BCUT2D eigenvalue weighted by atomic mass is 16.4. The van der Waals surface area contributed by atoms with Gasteiger partial charge >= 0.3 is 5.97 Å². The minimum Gasteiger partial charge on any atom is -0.480 e. The molecule has 7 heteroatoms. The number of nitrogens with one attached hydrogen (secondary N) is 1. The highest BCUT2D eigenvalue weighted by Crippen LogP contribution is 2.22. The first kappa shape index (κ1) is 14.5. The number of carboxylic acids is 1. The van der Waals surface area contributed by atoms with Crippen LogP contribution in [0, 0.1) is 5.92 Å². The fourth-order valence-corrected chi connectivity index (χ4v) is 2.30. The SMILES string of the molecule is C[C@H](Nc1cc(N2CCCC(CO)C2)ncn1)C(=O)O. The summed E-state index contributed by atoms with van der Waals surface area (Å²) in [7, 11) is 0. The zero-order valence-electron chi connectivity index (χ0n) is 11.5. The molecule has 0 amide bonds. The van der Waals surface area contributed by atoms with Crippen LogP contribution in [0.5, 0.6) is 0 Å². The zero-order valence-corrected chi connectivity index (χ0v) is 11.5. The Labute approximate surface area is 117 Å². The van der Waals surface area contributed by atoms with Crippen LogP contribution in [0.4, 0.5) is 11.6 Å². The van der Waals surface area contributed by atoms with Crippen molar-refractivity contribution >= 4 is 17.6 Å². The van der Waals surface area contributed by atoms with Gasteiger partial charge in [0, 0.05) is 25.8 Å². The number of aliphatic carboxylic acids is 1. The summed E-state index contributed by atoms with van der Waals surface area (Å²) in [6.07, 6.45) is 3.47. The second-order valence-corrected chi connectivity index (χ2v) is 5.10. The van der Waals surface area contributed by atoms with Gasteiger partial charge in [-0.1, -0.05) is 0 Å². The molecule has 0 aromatic carbocycles. The first-order valence-electron chi connectivity index (χ1n) is 6.77. The number of piperidine rings is 1. The monoisotopic (exact) mass is 280 g/mol. The second kappa shape index (κ2) is 6.51. The van der Waals surface area contributed by atoms with E-state index in [0.717, 1.165) is 31.7 Å². The Morgan fingerprint density at radius 3 is 3.10 bits per heavy atom. The molecule has 3 N–H and O–H groups in total. The van der Waals surface area contributed by atoms with E-state index in [2.05, 4.69) is 20.2 Å². The van der Waals surface area contributed by atoms with E-state index in [-0.39, 0.29) is 12.5 Å². The molecule has 2 rings (SSSR count). The summed E-state index contributed by atoms with van der Waals surface area (Å²) in [5, 5.41) is 21.0. The second-order valence-electron chi connectivity index (χ2n) is 5.10. The van der Waals surface area contributed by atoms with Gasteiger partial charge in [0.05, 0.1) is 0 Å². The first-order chi connectivity index (χ1) is 9.60. The molecule has 1 aromatic rings. The van der Waals surface area contributed by atoms with Crippen molar-refractivity contribution in [2.75, 3.05) is 29.9 Å². The molecule has 110 valence electrons. The molecule has 2 atom stereocenters. The van der Waals surface area contributed by atoms with Crippen LogP contribution in [0.25, 0.3) is 0 Å². The molecule has 1 aliphatic heterocycles. The number of rotatable bonds is 5. The van der Waals surface area contributed by atoms with Gasteiger partial charge in [-0.15, -0.1) is 0 Å². The number of hydrogen-bond acceptors (Lipinski definition) is 6. The molecule has 0 aliphatic carbocycles. The lowest BCUT2D eigenvalue weighted by molar-refractivity contribution is -0.137. The standard InChI is InChI=1S/C13H20N4O3/c1-9(13(19)20)16-11-5-12(15-8-14-11)17-4-2-3-10(6-17)7-18/h5,8-10,18H,2-4,6-7H2,1H3,(H,19,20)(H,14,15,16)/t9-,10?/m0/s1. The average Bonchev–Trinajstić information content (AvgIpc) is 2.47. The molecule has 7 nitrogen and oxygen atoms in total. The molecular weight excluding hydrogens is 260 g/mol. The van der Waals surface area contributed by atoms with Crippen molar-refractivity contribution in [1.82, 2.24) is 9.97 Å². The Balaban J connectivity index is 2.07. The summed E-state index contributed by atoms with van der Waals surface area (Å²) < 4.78 is 0. The number of nitrogens with zero attached hydrogens (tertiary/aromatic N) is 3. The van der Waals surface area contributed by atoms with Crippen LogP contribution in [0.1, 0.15) is 19.8 Å². The minimum atomic E-state index is -0.927. The molecule has 1 fully saturated rings. The lowest BCUT2D eigenvalue weighted by atomic mass is 9.99. The van der Waals surface area contributed by atoms with E-state index in [4.69, 9.17) is 5.11 Å². The van der Waals surface area contributed by atoms with E-state index in [1.807, 2.05) is 0 Å². The van der Waals surface area contributed by atoms with Crippen molar-refractivity contribution in [1.29, 1.82) is 0 Å². The third-order valence-corrected chi connectivity index (χ3v) is 3.49. The van der Waals surface area contributed by atoms with Crippen molar-refractivity contribution < 1.29 is 15.0 Å². The Morgan fingerprint density at radius 1 is 1.60 bits per heavy atom. The highest BCUT2D eigenvalue weighted by molar-refractivity contribution is 5.76. The summed E-state index contributed by atoms with van der Waals surface area (Å²) >= 11 is 0. The largest absolute Gasteiger partial charge is 0.480 e. The quantitative estimate of drug-likeness (QED) is 0.725. The van der Waals surface area contributed by atoms with Crippen molar-refractivity contribution in [2.45, 2.75) is 25.8 Å². The number of carboxylic acid groups (broad SMARTS) is 1. The van der Waals surface area contributed by atoms with Gasteiger partial charge in [0.25, 0.3) is 0 Å². The predicted molar refractivity (Wildman–Crippen MR) is 74.8 cm³/mol. The van der Waals surface area contributed by atoms with Crippen molar-refractivity contribution in [3.63, 3.8) is 0 Å². The number of aromatic nitrogens is 2. The molecule has 0 radical (unpaired) electrons. The van der Waals surface area contributed by atoms with Crippen molar-refractivity contribution in [2.24, 2.45) is 5.92 Å². The van der Waals surface area contributed by atoms with E-state index >= 15 is 0 Å². The molecule has 0 bridgehead atoms. The molecule has 0 saturated carbocycles. The summed E-state index contributed by atoms with van der Waals surface area (Å²) in [6.45, 7) is 3.40. The third-order valence-electron chi connectivity index (χ3n) is 3.49. The Hall–Kier alpha value is -1.89. The van der Waals surface area contributed by atoms with Gasteiger partial charge in [-0.2, -0.15) is 0 Å². The third kappa shape index (κ3) is 3.57. The summed E-state index contributed by atoms with van der Waals surface area (Å²) in [5.41, 5.74) is 0. The van der Waals surface area contributed by atoms with Crippen molar-refractivity contribution in [3.8, 4) is 0 Å². The van der Waals surface area contributed by atoms with Gasteiger partial charge in [-0.05, 0) is 25.7 Å². The van der Waals surface area contributed by atoms with Gasteiger partial charge in [0.15, 0.2) is 0 Å². The Kier molecular flexibility index (Phi) is 4.73. The van der Waals surface area contributed by atoms with E-state index < -0.39 is 12.0 Å². The van der Waals surface area contributed by atoms with Crippen LogP contribution in [-0.4, -0.2) is 51.9 Å². The maximum absolute atomic E-state index is 10.8. The maximum atomic E-state index is 10.8. The fraction of sp³-hybridized carbons (Fsp3) is 0.615. The zero-order chi connectivity index (χ0) is 14.5. The summed E-state index contributed by atoms with van der Waals surface area (Å²) in [6, 6.07) is 1.04. The van der Waals surface area contributed by atoms with Gasteiger partial charge in [-0.25, -0.2) is 9.97 Å². The smallest absolute Gasteiger partial charge is 0.325 e. The van der Waals surface area contributed by atoms with Crippen LogP contribution in [0.2, 0.25) is 0 Å². The molecule has 1 unspecified atom stereocenters. The Bertz CT molecular complexity index is 469.